The molecule has 7 heteroatoms. The number of rotatable bonds is 3. The average Bonchev–Trinajstić information content (AvgIpc) is 2.40. The van der Waals surface area contributed by atoms with Crippen LogP contribution in [0.3, 0.4) is 0 Å². The van der Waals surface area contributed by atoms with E-state index in [1.165, 1.54) is 18.3 Å². The van der Waals surface area contributed by atoms with Gasteiger partial charge in [0, 0.05) is 29.2 Å². The predicted octanol–water partition coefficient (Wildman–Crippen LogP) is 2.13. The highest BCUT2D eigenvalue weighted by Crippen LogP contribution is 2.22. The smallest absolute Gasteiger partial charge is 0.274 e. The topological polar surface area (TPSA) is 111 Å². The van der Waals surface area contributed by atoms with Gasteiger partial charge in [0.2, 0.25) is 0 Å². The third kappa shape index (κ3) is 2.89. The van der Waals surface area contributed by atoms with Crippen LogP contribution in [0, 0.1) is 17.0 Å². The number of pyridine rings is 1. The Kier molecular flexibility index (Phi) is 3.60. The van der Waals surface area contributed by atoms with Gasteiger partial charge in [0.15, 0.2) is 0 Å². The zero-order valence-electron chi connectivity index (χ0n) is 10.7. The Morgan fingerprint density at radius 2 is 2.10 bits per heavy atom. The summed E-state index contributed by atoms with van der Waals surface area (Å²) in [6.45, 7) is 1.63. The molecule has 0 saturated carbocycles. The van der Waals surface area contributed by atoms with Crippen molar-refractivity contribution in [3.8, 4) is 0 Å². The summed E-state index contributed by atoms with van der Waals surface area (Å²) in [4.78, 5) is 26.2. The van der Waals surface area contributed by atoms with Crippen LogP contribution in [0.2, 0.25) is 0 Å². The van der Waals surface area contributed by atoms with Crippen molar-refractivity contribution in [3.05, 3.63) is 57.9 Å². The first-order chi connectivity index (χ1) is 9.47. The lowest BCUT2D eigenvalue weighted by Gasteiger charge is -2.06. The van der Waals surface area contributed by atoms with Crippen LogP contribution < -0.4 is 11.1 Å². The third-order valence-corrected chi connectivity index (χ3v) is 2.68. The molecule has 1 heterocycles. The van der Waals surface area contributed by atoms with Gasteiger partial charge in [-0.3, -0.25) is 19.9 Å². The lowest BCUT2D eigenvalue weighted by Crippen LogP contribution is -2.14. The van der Waals surface area contributed by atoms with Crippen molar-refractivity contribution >= 4 is 23.0 Å². The fraction of sp³-hybridized carbons (Fsp3) is 0.0769. The summed E-state index contributed by atoms with van der Waals surface area (Å²) in [5.74, 6) is -0.476. The number of hydrogen-bond acceptors (Lipinski definition) is 5. The van der Waals surface area contributed by atoms with Crippen LogP contribution in [0.5, 0.6) is 0 Å². The molecule has 7 nitrogen and oxygen atoms in total. The monoisotopic (exact) mass is 272 g/mol. The second kappa shape index (κ2) is 5.35. The number of nitrogens with zero attached hydrogens (tertiary/aromatic N) is 2. The summed E-state index contributed by atoms with van der Waals surface area (Å²) in [5, 5.41) is 13.4. The number of hydrogen-bond donors (Lipinski definition) is 2. The van der Waals surface area contributed by atoms with E-state index in [9.17, 15) is 14.9 Å². The summed E-state index contributed by atoms with van der Waals surface area (Å²) < 4.78 is 0. The van der Waals surface area contributed by atoms with Gasteiger partial charge in [-0.15, -0.1) is 0 Å². The molecule has 2 rings (SSSR count). The molecule has 0 aliphatic carbocycles. The highest BCUT2D eigenvalue weighted by molar-refractivity contribution is 6.03. The van der Waals surface area contributed by atoms with E-state index < -0.39 is 10.8 Å². The quantitative estimate of drug-likeness (QED) is 0.656. The van der Waals surface area contributed by atoms with E-state index in [0.717, 1.165) is 0 Å². The molecular formula is C13H12N4O3. The maximum Gasteiger partial charge on any atom is 0.274 e. The number of nitrogens with two attached hydrogens (primary N) is 1. The zero-order chi connectivity index (χ0) is 14.7. The van der Waals surface area contributed by atoms with Crippen molar-refractivity contribution in [2.45, 2.75) is 6.92 Å². The van der Waals surface area contributed by atoms with Gasteiger partial charge in [-0.05, 0) is 25.1 Å². The van der Waals surface area contributed by atoms with Gasteiger partial charge in [-0.25, -0.2) is 0 Å². The Morgan fingerprint density at radius 3 is 2.75 bits per heavy atom. The first-order valence-corrected chi connectivity index (χ1v) is 5.75. The molecule has 0 atom stereocenters. The minimum Gasteiger partial charge on any atom is -0.399 e. The molecule has 0 saturated heterocycles. The van der Waals surface area contributed by atoms with Crippen molar-refractivity contribution in [1.29, 1.82) is 0 Å². The molecule has 0 aliphatic heterocycles. The van der Waals surface area contributed by atoms with Gasteiger partial charge in [0.05, 0.1) is 4.92 Å². The molecule has 102 valence electrons. The molecule has 1 aromatic carbocycles. The molecule has 1 aromatic heterocycles. The Hall–Kier alpha value is -2.96. The molecule has 0 fully saturated rings. The zero-order valence-corrected chi connectivity index (χ0v) is 10.7. The second-order valence-corrected chi connectivity index (χ2v) is 4.19. The largest absolute Gasteiger partial charge is 0.399 e. The van der Waals surface area contributed by atoms with Gasteiger partial charge in [0.25, 0.3) is 11.6 Å². The summed E-state index contributed by atoms with van der Waals surface area (Å²) in [6.07, 6.45) is 1.42. The van der Waals surface area contributed by atoms with Crippen molar-refractivity contribution in [3.63, 3.8) is 0 Å². The molecule has 0 spiro atoms. The average molecular weight is 272 g/mol. The van der Waals surface area contributed by atoms with Crippen LogP contribution in [-0.2, 0) is 0 Å². The summed E-state index contributed by atoms with van der Waals surface area (Å²) in [5.41, 5.74) is 6.93. The molecule has 0 unspecified atom stereocenters. The SMILES string of the molecule is Cc1ccc(NC(=O)c2cc(N)ccn2)cc1[N+](=O)[O-]. The van der Waals surface area contributed by atoms with E-state index >= 15 is 0 Å². The normalized spacial score (nSPS) is 10.1. The van der Waals surface area contributed by atoms with E-state index in [1.54, 1.807) is 25.1 Å². The molecule has 0 bridgehead atoms. The van der Waals surface area contributed by atoms with Crippen molar-refractivity contribution in [1.82, 2.24) is 4.98 Å². The van der Waals surface area contributed by atoms with Crippen LogP contribution in [0.15, 0.2) is 36.5 Å². The van der Waals surface area contributed by atoms with E-state index in [-0.39, 0.29) is 11.4 Å². The van der Waals surface area contributed by atoms with Crippen LogP contribution >= 0.6 is 0 Å². The molecule has 20 heavy (non-hydrogen) atoms. The number of amides is 1. The van der Waals surface area contributed by atoms with Gasteiger partial charge >= 0.3 is 0 Å². The van der Waals surface area contributed by atoms with Crippen LogP contribution in [-0.4, -0.2) is 15.8 Å². The Morgan fingerprint density at radius 1 is 1.35 bits per heavy atom. The molecule has 0 radical (unpaired) electrons. The number of nitro groups is 1. The van der Waals surface area contributed by atoms with E-state index in [1.807, 2.05) is 0 Å². The maximum absolute atomic E-state index is 11.9. The van der Waals surface area contributed by atoms with Crippen LogP contribution in [0.25, 0.3) is 0 Å². The number of aryl methyl sites for hydroxylation is 1. The van der Waals surface area contributed by atoms with E-state index in [2.05, 4.69) is 10.3 Å². The third-order valence-electron chi connectivity index (χ3n) is 2.68. The number of aromatic nitrogens is 1. The minimum atomic E-state index is -0.496. The van der Waals surface area contributed by atoms with Crippen LogP contribution in [0.1, 0.15) is 16.1 Å². The Balaban J connectivity index is 2.24. The van der Waals surface area contributed by atoms with Gasteiger partial charge in [-0.1, -0.05) is 6.07 Å². The molecular weight excluding hydrogens is 260 g/mol. The fourth-order valence-electron chi connectivity index (χ4n) is 1.65. The highest BCUT2D eigenvalue weighted by Gasteiger charge is 2.13. The van der Waals surface area contributed by atoms with Crippen LogP contribution in [0.4, 0.5) is 17.1 Å². The van der Waals surface area contributed by atoms with Gasteiger partial charge < -0.3 is 11.1 Å². The highest BCUT2D eigenvalue weighted by atomic mass is 16.6. The lowest BCUT2D eigenvalue weighted by molar-refractivity contribution is -0.385. The number of carbonyl (C=O) groups is 1. The maximum atomic E-state index is 11.9. The Labute approximate surface area is 114 Å². The standard InChI is InChI=1S/C13H12N4O3/c1-8-2-3-10(7-12(8)17(19)20)16-13(18)11-6-9(14)4-5-15-11/h2-7H,1H3,(H2,14,15)(H,16,18). The number of carbonyl (C=O) groups excluding carboxylic acids is 1. The van der Waals surface area contributed by atoms with E-state index in [0.29, 0.717) is 16.9 Å². The van der Waals surface area contributed by atoms with E-state index in [4.69, 9.17) is 5.73 Å². The number of anilines is 2. The summed E-state index contributed by atoms with van der Waals surface area (Å²) in [7, 11) is 0. The first kappa shape index (κ1) is 13.5. The number of nitrogen functional groups attached to an aromatic ring is 1. The second-order valence-electron chi connectivity index (χ2n) is 4.19. The van der Waals surface area contributed by atoms with Gasteiger partial charge in [-0.2, -0.15) is 0 Å². The summed E-state index contributed by atoms with van der Waals surface area (Å²) >= 11 is 0. The van der Waals surface area contributed by atoms with Crippen molar-refractivity contribution < 1.29 is 9.72 Å². The fourth-order valence-corrected chi connectivity index (χ4v) is 1.65. The predicted molar refractivity (Wildman–Crippen MR) is 74.4 cm³/mol. The van der Waals surface area contributed by atoms with Gasteiger partial charge in [0.1, 0.15) is 5.69 Å². The number of benzene rings is 1. The number of nitrogens with one attached hydrogen (secondary N) is 1. The molecule has 1 amide bonds. The molecule has 2 aromatic rings. The molecule has 3 N–H and O–H groups in total. The minimum absolute atomic E-state index is 0.0525. The first-order valence-electron chi connectivity index (χ1n) is 5.75. The molecule has 0 aliphatic rings. The lowest BCUT2D eigenvalue weighted by atomic mass is 10.2. The number of nitro benzene ring substituents is 1. The van der Waals surface area contributed by atoms with Crippen molar-refractivity contribution in [2.24, 2.45) is 0 Å². The summed E-state index contributed by atoms with van der Waals surface area (Å²) in [6, 6.07) is 7.46. The van der Waals surface area contributed by atoms with Crippen molar-refractivity contribution in [2.75, 3.05) is 11.1 Å². The Bertz CT molecular complexity index is 685.